The zero-order chi connectivity index (χ0) is 13.2. The third-order valence-corrected chi connectivity index (χ3v) is 3.71. The van der Waals surface area contributed by atoms with Crippen molar-refractivity contribution in [3.8, 4) is 0 Å². The van der Waals surface area contributed by atoms with Crippen LogP contribution in [-0.2, 0) is 10.2 Å². The summed E-state index contributed by atoms with van der Waals surface area (Å²) in [7, 11) is 0. The minimum atomic E-state index is 0.0947. The molecule has 0 bridgehead atoms. The van der Waals surface area contributed by atoms with E-state index in [1.54, 1.807) is 0 Å². The van der Waals surface area contributed by atoms with Crippen molar-refractivity contribution in [3.05, 3.63) is 35.9 Å². The summed E-state index contributed by atoms with van der Waals surface area (Å²) in [5, 5.41) is 3.13. The molecule has 1 aromatic rings. The average Bonchev–Trinajstić information content (AvgIpc) is 3.13. The largest absolute Gasteiger partial charge is 0.353 e. The van der Waals surface area contributed by atoms with Crippen LogP contribution in [0.2, 0.25) is 0 Å². The summed E-state index contributed by atoms with van der Waals surface area (Å²) >= 11 is 0. The molecule has 0 aromatic heterocycles. The van der Waals surface area contributed by atoms with Gasteiger partial charge in [-0.05, 0) is 37.2 Å². The molecule has 1 aliphatic carbocycles. The Morgan fingerprint density at radius 3 is 2.50 bits per heavy atom. The average molecular weight is 245 g/mol. The molecule has 1 amide bonds. The highest BCUT2D eigenvalue weighted by molar-refractivity contribution is 5.81. The fraction of sp³-hybridized carbons (Fsp3) is 0.562. The number of hydrogen-bond acceptors (Lipinski definition) is 1. The van der Waals surface area contributed by atoms with E-state index in [4.69, 9.17) is 0 Å². The molecule has 1 atom stereocenters. The van der Waals surface area contributed by atoms with E-state index in [0.29, 0.717) is 5.92 Å². The number of nitrogens with one attached hydrogen (secondary N) is 1. The smallest absolute Gasteiger partial charge is 0.223 e. The highest BCUT2D eigenvalue weighted by atomic mass is 16.2. The van der Waals surface area contributed by atoms with Gasteiger partial charge in [0.25, 0.3) is 0 Å². The van der Waals surface area contributed by atoms with Gasteiger partial charge >= 0.3 is 0 Å². The normalized spacial score (nSPS) is 17.3. The van der Waals surface area contributed by atoms with Crippen molar-refractivity contribution in [2.75, 3.05) is 0 Å². The number of amides is 1. The summed E-state index contributed by atoms with van der Waals surface area (Å²) in [6.07, 6.45) is 3.11. The minimum absolute atomic E-state index is 0.0947. The van der Waals surface area contributed by atoms with Crippen molar-refractivity contribution in [1.29, 1.82) is 0 Å². The highest BCUT2D eigenvalue weighted by Crippen LogP contribution is 2.31. The van der Waals surface area contributed by atoms with Crippen molar-refractivity contribution >= 4 is 5.91 Å². The molecular weight excluding hydrogens is 222 g/mol. The molecule has 0 radical (unpaired) electrons. The zero-order valence-corrected chi connectivity index (χ0v) is 11.6. The van der Waals surface area contributed by atoms with Crippen LogP contribution in [0.4, 0.5) is 0 Å². The standard InChI is InChI=1S/C16H23NO/c1-12(17-15(18)13-9-10-13)11-16(2,3)14-7-5-4-6-8-14/h4-8,12-13H,9-11H2,1-3H3,(H,17,18)/t12-/m1/s1. The monoisotopic (exact) mass is 245 g/mol. The number of carbonyl (C=O) groups excluding carboxylic acids is 1. The first-order valence-electron chi connectivity index (χ1n) is 6.85. The summed E-state index contributed by atoms with van der Waals surface area (Å²) in [6, 6.07) is 10.7. The van der Waals surface area contributed by atoms with Crippen LogP contribution in [0, 0.1) is 5.92 Å². The number of carbonyl (C=O) groups is 1. The molecule has 1 aromatic carbocycles. The summed E-state index contributed by atoms with van der Waals surface area (Å²) in [6.45, 7) is 6.58. The molecule has 2 heteroatoms. The maximum Gasteiger partial charge on any atom is 0.223 e. The van der Waals surface area contributed by atoms with E-state index in [9.17, 15) is 4.79 Å². The summed E-state index contributed by atoms with van der Waals surface area (Å²) in [4.78, 5) is 11.7. The quantitative estimate of drug-likeness (QED) is 0.847. The fourth-order valence-electron chi connectivity index (χ4n) is 2.53. The third kappa shape index (κ3) is 3.34. The van der Waals surface area contributed by atoms with Gasteiger partial charge in [-0.1, -0.05) is 44.2 Å². The van der Waals surface area contributed by atoms with E-state index >= 15 is 0 Å². The third-order valence-electron chi connectivity index (χ3n) is 3.71. The van der Waals surface area contributed by atoms with E-state index in [1.807, 2.05) is 6.07 Å². The van der Waals surface area contributed by atoms with Crippen LogP contribution in [0.3, 0.4) is 0 Å². The van der Waals surface area contributed by atoms with Crippen LogP contribution in [0.25, 0.3) is 0 Å². The van der Waals surface area contributed by atoms with Crippen LogP contribution >= 0.6 is 0 Å². The summed E-state index contributed by atoms with van der Waals surface area (Å²) in [5.41, 5.74) is 1.43. The molecule has 1 saturated carbocycles. The van der Waals surface area contributed by atoms with Crippen molar-refractivity contribution in [3.63, 3.8) is 0 Å². The van der Waals surface area contributed by atoms with Gasteiger partial charge in [-0.2, -0.15) is 0 Å². The van der Waals surface area contributed by atoms with Crippen molar-refractivity contribution in [2.24, 2.45) is 5.92 Å². The number of hydrogen-bond donors (Lipinski definition) is 1. The molecule has 2 rings (SSSR count). The second kappa shape index (κ2) is 5.13. The topological polar surface area (TPSA) is 29.1 Å². The summed E-state index contributed by atoms with van der Waals surface area (Å²) in [5.74, 6) is 0.540. The molecule has 1 aliphatic rings. The van der Waals surface area contributed by atoms with Gasteiger partial charge in [0.15, 0.2) is 0 Å². The van der Waals surface area contributed by atoms with Crippen LogP contribution in [-0.4, -0.2) is 11.9 Å². The Kier molecular flexibility index (Phi) is 3.74. The molecule has 18 heavy (non-hydrogen) atoms. The van der Waals surface area contributed by atoms with Gasteiger partial charge in [-0.25, -0.2) is 0 Å². The van der Waals surface area contributed by atoms with E-state index in [2.05, 4.69) is 50.4 Å². The first-order valence-corrected chi connectivity index (χ1v) is 6.85. The van der Waals surface area contributed by atoms with Crippen molar-refractivity contribution in [2.45, 2.75) is 51.5 Å². The van der Waals surface area contributed by atoms with E-state index in [1.165, 1.54) is 5.56 Å². The Balaban J connectivity index is 1.92. The lowest BCUT2D eigenvalue weighted by Crippen LogP contribution is -2.38. The Morgan fingerprint density at radius 2 is 1.94 bits per heavy atom. The van der Waals surface area contributed by atoms with Crippen LogP contribution in [0.1, 0.15) is 45.6 Å². The first kappa shape index (κ1) is 13.1. The highest BCUT2D eigenvalue weighted by Gasteiger charge is 2.31. The lowest BCUT2D eigenvalue weighted by Gasteiger charge is -2.29. The number of benzene rings is 1. The molecule has 2 nitrogen and oxygen atoms in total. The predicted molar refractivity (Wildman–Crippen MR) is 74.4 cm³/mol. The fourth-order valence-corrected chi connectivity index (χ4v) is 2.53. The van der Waals surface area contributed by atoms with Crippen molar-refractivity contribution in [1.82, 2.24) is 5.32 Å². The molecule has 0 saturated heterocycles. The predicted octanol–water partition coefficient (Wildman–Crippen LogP) is 3.27. The van der Waals surface area contributed by atoms with Crippen molar-refractivity contribution < 1.29 is 4.79 Å². The van der Waals surface area contributed by atoms with Gasteiger partial charge in [0.1, 0.15) is 0 Å². The first-order chi connectivity index (χ1) is 8.49. The SMILES string of the molecule is C[C@H](CC(C)(C)c1ccccc1)NC(=O)C1CC1. The Labute approximate surface area is 110 Å². The zero-order valence-electron chi connectivity index (χ0n) is 11.6. The van der Waals surface area contributed by atoms with Gasteiger partial charge in [-0.3, -0.25) is 4.79 Å². The van der Waals surface area contributed by atoms with Crippen LogP contribution in [0.15, 0.2) is 30.3 Å². The molecule has 0 unspecified atom stereocenters. The maximum absolute atomic E-state index is 11.7. The van der Waals surface area contributed by atoms with Crippen LogP contribution in [0.5, 0.6) is 0 Å². The second-order valence-electron chi connectivity index (χ2n) is 6.14. The maximum atomic E-state index is 11.7. The van der Waals surface area contributed by atoms with E-state index < -0.39 is 0 Å². The Hall–Kier alpha value is -1.31. The van der Waals surface area contributed by atoms with Crippen LogP contribution < -0.4 is 5.32 Å². The second-order valence-corrected chi connectivity index (χ2v) is 6.14. The lowest BCUT2D eigenvalue weighted by atomic mass is 9.79. The van der Waals surface area contributed by atoms with Gasteiger partial charge in [0.2, 0.25) is 5.91 Å². The molecule has 0 heterocycles. The summed E-state index contributed by atoms with van der Waals surface area (Å²) < 4.78 is 0. The molecule has 1 fully saturated rings. The lowest BCUT2D eigenvalue weighted by molar-refractivity contribution is -0.123. The van der Waals surface area contributed by atoms with Gasteiger partial charge < -0.3 is 5.32 Å². The van der Waals surface area contributed by atoms with E-state index in [-0.39, 0.29) is 17.4 Å². The Morgan fingerprint density at radius 1 is 1.33 bits per heavy atom. The van der Waals surface area contributed by atoms with E-state index in [0.717, 1.165) is 19.3 Å². The van der Waals surface area contributed by atoms with Gasteiger partial charge in [0.05, 0.1) is 0 Å². The number of rotatable bonds is 5. The van der Waals surface area contributed by atoms with Gasteiger partial charge in [0, 0.05) is 12.0 Å². The Bertz CT molecular complexity index is 406. The molecule has 98 valence electrons. The molecule has 1 N–H and O–H groups in total. The molecular formula is C16H23NO. The molecule has 0 spiro atoms. The minimum Gasteiger partial charge on any atom is -0.353 e. The van der Waals surface area contributed by atoms with Gasteiger partial charge in [-0.15, -0.1) is 0 Å². The molecule has 0 aliphatic heterocycles.